The molecule has 1 aromatic heterocycles. The number of hydrogen-bond acceptors (Lipinski definition) is 4. The van der Waals surface area contributed by atoms with Crippen LogP contribution in [0.25, 0.3) is 11.1 Å². The van der Waals surface area contributed by atoms with Crippen LogP contribution in [0.3, 0.4) is 0 Å². The largest absolute Gasteiger partial charge is 0.431 e. The molecular formula is C17H13F3N2O2S. The lowest BCUT2D eigenvalue weighted by atomic mass is 10.2. The third-order valence-electron chi connectivity index (χ3n) is 3.40. The summed E-state index contributed by atoms with van der Waals surface area (Å²) in [6.45, 7) is 1.67. The highest BCUT2D eigenvalue weighted by Gasteiger charge is 2.30. The molecule has 1 amide bonds. The SMILES string of the molecule is C[C@@H](Sc1nc2ccccc2o1)C(=O)Nc1ccc(C(F)(F)F)cc1. The summed E-state index contributed by atoms with van der Waals surface area (Å²) >= 11 is 1.13. The summed E-state index contributed by atoms with van der Waals surface area (Å²) < 4.78 is 43.1. The standard InChI is InChI=1S/C17H13F3N2O2S/c1-10(25-16-22-13-4-2-3-5-14(13)24-16)15(23)21-12-8-6-11(7-9-12)17(18,19)20/h2-10H,1H3,(H,21,23)/t10-/m1/s1. The first kappa shape index (κ1) is 17.3. The highest BCUT2D eigenvalue weighted by Crippen LogP contribution is 2.30. The second-order valence-corrected chi connectivity index (χ2v) is 6.56. The summed E-state index contributed by atoms with van der Waals surface area (Å²) in [5.41, 5.74) is 0.850. The van der Waals surface area contributed by atoms with E-state index in [0.717, 1.165) is 23.9 Å². The van der Waals surface area contributed by atoms with E-state index in [0.29, 0.717) is 22.0 Å². The number of thioether (sulfide) groups is 1. The number of oxazole rings is 1. The van der Waals surface area contributed by atoms with E-state index >= 15 is 0 Å². The second kappa shape index (κ2) is 6.79. The summed E-state index contributed by atoms with van der Waals surface area (Å²) in [6.07, 6.45) is -4.40. The van der Waals surface area contributed by atoms with Crippen molar-refractivity contribution in [3.8, 4) is 0 Å². The maximum atomic E-state index is 12.5. The van der Waals surface area contributed by atoms with Crippen molar-refractivity contribution < 1.29 is 22.4 Å². The zero-order valence-corrected chi connectivity index (χ0v) is 13.8. The van der Waals surface area contributed by atoms with Gasteiger partial charge in [-0.3, -0.25) is 4.79 Å². The predicted octanol–water partition coefficient (Wildman–Crippen LogP) is 4.97. The smallest absolute Gasteiger partial charge is 0.416 e. The molecule has 0 radical (unpaired) electrons. The van der Waals surface area contributed by atoms with Crippen LogP contribution in [0, 0.1) is 0 Å². The van der Waals surface area contributed by atoms with Crippen molar-refractivity contribution in [3.63, 3.8) is 0 Å². The monoisotopic (exact) mass is 366 g/mol. The van der Waals surface area contributed by atoms with Crippen LogP contribution in [0.15, 0.2) is 58.2 Å². The molecule has 4 nitrogen and oxygen atoms in total. The Labute approximate surface area is 145 Å². The van der Waals surface area contributed by atoms with Gasteiger partial charge in [0, 0.05) is 5.69 Å². The quantitative estimate of drug-likeness (QED) is 0.663. The number of carbonyl (C=O) groups is 1. The number of nitrogens with zero attached hydrogens (tertiary/aromatic N) is 1. The number of para-hydroxylation sites is 2. The Morgan fingerprint density at radius 3 is 2.48 bits per heavy atom. The number of aromatic nitrogens is 1. The maximum Gasteiger partial charge on any atom is 0.416 e. The maximum absolute atomic E-state index is 12.5. The molecule has 130 valence electrons. The highest BCUT2D eigenvalue weighted by molar-refractivity contribution is 8.00. The summed E-state index contributed by atoms with van der Waals surface area (Å²) in [4.78, 5) is 16.5. The Morgan fingerprint density at radius 1 is 1.16 bits per heavy atom. The Kier molecular flexibility index (Phi) is 4.71. The Balaban J connectivity index is 1.64. The van der Waals surface area contributed by atoms with E-state index in [1.807, 2.05) is 12.1 Å². The molecule has 0 saturated carbocycles. The lowest BCUT2D eigenvalue weighted by Crippen LogP contribution is -2.22. The number of fused-ring (bicyclic) bond motifs is 1. The van der Waals surface area contributed by atoms with Gasteiger partial charge in [-0.1, -0.05) is 23.9 Å². The van der Waals surface area contributed by atoms with Crippen molar-refractivity contribution in [2.45, 2.75) is 23.6 Å². The van der Waals surface area contributed by atoms with Crippen LogP contribution in [-0.2, 0) is 11.0 Å². The Hall–Kier alpha value is -2.48. The van der Waals surface area contributed by atoms with Gasteiger partial charge in [0.1, 0.15) is 5.52 Å². The van der Waals surface area contributed by atoms with E-state index < -0.39 is 17.0 Å². The van der Waals surface area contributed by atoms with Gasteiger partial charge < -0.3 is 9.73 Å². The van der Waals surface area contributed by atoms with E-state index in [4.69, 9.17) is 4.42 Å². The van der Waals surface area contributed by atoms with Crippen molar-refractivity contribution >= 4 is 34.5 Å². The fraction of sp³-hybridized carbons (Fsp3) is 0.176. The van der Waals surface area contributed by atoms with Crippen LogP contribution in [0.5, 0.6) is 0 Å². The van der Waals surface area contributed by atoms with Crippen molar-refractivity contribution in [1.29, 1.82) is 0 Å². The van der Waals surface area contributed by atoms with Crippen LogP contribution in [0.1, 0.15) is 12.5 Å². The minimum absolute atomic E-state index is 0.294. The average Bonchev–Trinajstić information content (AvgIpc) is 2.96. The van der Waals surface area contributed by atoms with E-state index in [1.165, 1.54) is 12.1 Å². The third kappa shape index (κ3) is 4.14. The Bertz CT molecular complexity index is 858. The van der Waals surface area contributed by atoms with Gasteiger partial charge in [0.05, 0.1) is 10.8 Å². The molecule has 1 N–H and O–H groups in total. The van der Waals surface area contributed by atoms with E-state index in [1.54, 1.807) is 19.1 Å². The minimum atomic E-state index is -4.40. The zero-order chi connectivity index (χ0) is 18.0. The van der Waals surface area contributed by atoms with Gasteiger partial charge in [0.15, 0.2) is 5.58 Å². The van der Waals surface area contributed by atoms with Gasteiger partial charge in [-0.2, -0.15) is 13.2 Å². The number of amides is 1. The normalized spacial score (nSPS) is 13.0. The van der Waals surface area contributed by atoms with Gasteiger partial charge in [-0.15, -0.1) is 0 Å². The average molecular weight is 366 g/mol. The van der Waals surface area contributed by atoms with Crippen LogP contribution < -0.4 is 5.32 Å². The summed E-state index contributed by atoms with van der Waals surface area (Å²) in [5.74, 6) is -0.355. The molecule has 25 heavy (non-hydrogen) atoms. The van der Waals surface area contributed by atoms with E-state index in [9.17, 15) is 18.0 Å². The summed E-state index contributed by atoms with van der Waals surface area (Å²) in [5, 5.41) is 2.40. The highest BCUT2D eigenvalue weighted by atomic mass is 32.2. The topological polar surface area (TPSA) is 55.1 Å². The molecule has 0 bridgehead atoms. The summed E-state index contributed by atoms with van der Waals surface area (Å²) in [7, 11) is 0. The van der Waals surface area contributed by atoms with Crippen LogP contribution >= 0.6 is 11.8 Å². The predicted molar refractivity (Wildman–Crippen MR) is 89.4 cm³/mol. The molecule has 0 spiro atoms. The Morgan fingerprint density at radius 2 is 1.84 bits per heavy atom. The third-order valence-corrected chi connectivity index (χ3v) is 4.34. The van der Waals surface area contributed by atoms with Gasteiger partial charge in [-0.25, -0.2) is 4.98 Å². The number of anilines is 1. The first-order valence-electron chi connectivity index (χ1n) is 7.33. The van der Waals surface area contributed by atoms with Gasteiger partial charge in [0.25, 0.3) is 5.22 Å². The molecule has 0 aliphatic rings. The molecule has 8 heteroatoms. The number of nitrogens with one attached hydrogen (secondary N) is 1. The number of hydrogen-bond donors (Lipinski definition) is 1. The van der Waals surface area contributed by atoms with Crippen LogP contribution in [0.2, 0.25) is 0 Å². The molecule has 0 aliphatic carbocycles. The van der Waals surface area contributed by atoms with E-state index in [2.05, 4.69) is 10.3 Å². The zero-order valence-electron chi connectivity index (χ0n) is 13.0. The van der Waals surface area contributed by atoms with E-state index in [-0.39, 0.29) is 5.91 Å². The van der Waals surface area contributed by atoms with Crippen LogP contribution in [0.4, 0.5) is 18.9 Å². The molecule has 3 rings (SSSR count). The fourth-order valence-corrected chi connectivity index (χ4v) is 2.85. The molecule has 0 fully saturated rings. The first-order chi connectivity index (χ1) is 11.8. The molecule has 0 saturated heterocycles. The lowest BCUT2D eigenvalue weighted by molar-refractivity contribution is -0.137. The van der Waals surface area contributed by atoms with Gasteiger partial charge in [-0.05, 0) is 43.3 Å². The van der Waals surface area contributed by atoms with Crippen molar-refractivity contribution in [2.24, 2.45) is 0 Å². The van der Waals surface area contributed by atoms with Crippen molar-refractivity contribution in [3.05, 3.63) is 54.1 Å². The van der Waals surface area contributed by atoms with Gasteiger partial charge >= 0.3 is 6.18 Å². The number of halogens is 3. The lowest BCUT2D eigenvalue weighted by Gasteiger charge is -2.11. The fourth-order valence-electron chi connectivity index (χ4n) is 2.09. The second-order valence-electron chi connectivity index (χ2n) is 5.27. The minimum Gasteiger partial charge on any atom is -0.431 e. The molecule has 1 heterocycles. The molecule has 0 unspecified atom stereocenters. The number of alkyl halides is 3. The number of benzene rings is 2. The first-order valence-corrected chi connectivity index (χ1v) is 8.21. The summed E-state index contributed by atoms with van der Waals surface area (Å²) in [6, 6.07) is 11.5. The molecule has 2 aromatic carbocycles. The molecular weight excluding hydrogens is 353 g/mol. The molecule has 1 atom stereocenters. The van der Waals surface area contributed by atoms with Crippen molar-refractivity contribution in [1.82, 2.24) is 4.98 Å². The molecule has 3 aromatic rings. The van der Waals surface area contributed by atoms with Crippen molar-refractivity contribution in [2.75, 3.05) is 5.32 Å². The number of carbonyl (C=O) groups excluding carboxylic acids is 1. The number of rotatable bonds is 4. The van der Waals surface area contributed by atoms with Gasteiger partial charge in [0.2, 0.25) is 5.91 Å². The van der Waals surface area contributed by atoms with Crippen LogP contribution in [-0.4, -0.2) is 16.1 Å². The molecule has 0 aliphatic heterocycles.